The molecular weight excluding hydrogens is 326 g/mol. The molecule has 2 aliphatic carbocycles. The molecule has 0 aromatic heterocycles. The summed E-state index contributed by atoms with van der Waals surface area (Å²) in [4.78, 5) is 0. The molecule has 2 heteroatoms. The third kappa shape index (κ3) is 4.64. The van der Waals surface area contributed by atoms with Crippen molar-refractivity contribution in [1.82, 2.24) is 0 Å². The van der Waals surface area contributed by atoms with Gasteiger partial charge in [0.1, 0.15) is 0 Å². The molecule has 0 saturated heterocycles. The van der Waals surface area contributed by atoms with E-state index in [-0.39, 0.29) is 5.92 Å². The van der Waals surface area contributed by atoms with E-state index in [1.807, 2.05) is 0 Å². The summed E-state index contributed by atoms with van der Waals surface area (Å²) in [6.07, 6.45) is 19.0. The average molecular weight is 359 g/mol. The van der Waals surface area contributed by atoms with E-state index >= 15 is 0 Å². The average Bonchev–Trinajstić information content (AvgIpc) is 2.67. The molecule has 3 rings (SSSR count). The summed E-state index contributed by atoms with van der Waals surface area (Å²) < 4.78 is 28.0. The van der Waals surface area contributed by atoms with Crippen molar-refractivity contribution < 1.29 is 8.78 Å². The van der Waals surface area contributed by atoms with Crippen molar-refractivity contribution in [3.8, 4) is 0 Å². The Hall–Kier alpha value is -1.44. The zero-order valence-electron chi connectivity index (χ0n) is 16.2. The second kappa shape index (κ2) is 8.97. The quantitative estimate of drug-likeness (QED) is 0.478. The van der Waals surface area contributed by atoms with Crippen molar-refractivity contribution >= 4 is 0 Å². The van der Waals surface area contributed by atoms with Crippen LogP contribution in [0.5, 0.6) is 0 Å². The van der Waals surface area contributed by atoms with Crippen LogP contribution in [0.2, 0.25) is 0 Å². The van der Waals surface area contributed by atoms with Gasteiger partial charge in [-0.3, -0.25) is 0 Å². The highest BCUT2D eigenvalue weighted by atomic mass is 19.2. The first-order chi connectivity index (χ1) is 12.6. The molecule has 1 aromatic carbocycles. The van der Waals surface area contributed by atoms with Crippen molar-refractivity contribution in [2.45, 2.75) is 71.1 Å². The van der Waals surface area contributed by atoms with Crippen LogP contribution >= 0.6 is 0 Å². The molecule has 0 nitrogen and oxygen atoms in total. The topological polar surface area (TPSA) is 0 Å². The van der Waals surface area contributed by atoms with Crippen LogP contribution < -0.4 is 0 Å². The van der Waals surface area contributed by atoms with Crippen molar-refractivity contribution in [3.05, 3.63) is 59.2 Å². The monoisotopic (exact) mass is 358 g/mol. The van der Waals surface area contributed by atoms with Gasteiger partial charge in [0.05, 0.1) is 0 Å². The van der Waals surface area contributed by atoms with E-state index in [1.165, 1.54) is 38.5 Å². The van der Waals surface area contributed by atoms with Crippen LogP contribution in [0.25, 0.3) is 0 Å². The summed E-state index contributed by atoms with van der Waals surface area (Å²) in [7, 11) is 0. The molecule has 0 heterocycles. The van der Waals surface area contributed by atoms with E-state index in [0.29, 0.717) is 17.0 Å². The Bertz CT molecular complexity index is 650. The van der Waals surface area contributed by atoms with Gasteiger partial charge in [0, 0.05) is 5.92 Å². The Kier molecular flexibility index (Phi) is 6.67. The molecule has 2 aliphatic rings. The van der Waals surface area contributed by atoms with Gasteiger partial charge in [0.15, 0.2) is 11.6 Å². The summed E-state index contributed by atoms with van der Waals surface area (Å²) in [6.45, 7) is 3.89. The number of halogens is 2. The first-order valence-corrected chi connectivity index (χ1v) is 10.4. The first-order valence-electron chi connectivity index (χ1n) is 10.4. The van der Waals surface area contributed by atoms with Gasteiger partial charge in [-0.25, -0.2) is 8.78 Å². The number of benzene rings is 1. The summed E-state index contributed by atoms with van der Waals surface area (Å²) in [5.74, 6) is 0.758. The number of rotatable bonds is 5. The molecule has 142 valence electrons. The second-order valence-electron chi connectivity index (χ2n) is 8.29. The number of hydrogen-bond acceptors (Lipinski definition) is 0. The molecule has 1 fully saturated rings. The second-order valence-corrected chi connectivity index (χ2v) is 8.29. The van der Waals surface area contributed by atoms with Crippen molar-refractivity contribution in [2.24, 2.45) is 17.8 Å². The van der Waals surface area contributed by atoms with E-state index in [2.05, 4.69) is 31.2 Å². The molecular formula is C24H32F2. The smallest absolute Gasteiger partial charge is 0.162 e. The van der Waals surface area contributed by atoms with Crippen LogP contribution in [-0.2, 0) is 0 Å². The van der Waals surface area contributed by atoms with Gasteiger partial charge in [-0.2, -0.15) is 0 Å². The van der Waals surface area contributed by atoms with Crippen molar-refractivity contribution in [2.75, 3.05) is 0 Å². The van der Waals surface area contributed by atoms with Crippen molar-refractivity contribution in [1.29, 1.82) is 0 Å². The number of aryl methyl sites for hydroxylation is 1. The molecule has 26 heavy (non-hydrogen) atoms. The summed E-state index contributed by atoms with van der Waals surface area (Å²) in [6, 6.07) is 3.43. The first kappa shape index (κ1) is 19.3. The van der Waals surface area contributed by atoms with E-state index in [0.717, 1.165) is 24.7 Å². The summed E-state index contributed by atoms with van der Waals surface area (Å²) in [5, 5.41) is 0. The van der Waals surface area contributed by atoms with Gasteiger partial charge >= 0.3 is 0 Å². The minimum Gasteiger partial charge on any atom is -0.203 e. The zero-order valence-corrected chi connectivity index (χ0v) is 16.2. The van der Waals surface area contributed by atoms with Gasteiger partial charge in [0.2, 0.25) is 0 Å². The van der Waals surface area contributed by atoms with Crippen LogP contribution in [0.15, 0.2) is 36.4 Å². The maximum Gasteiger partial charge on any atom is 0.162 e. The Morgan fingerprint density at radius 1 is 0.923 bits per heavy atom. The molecule has 2 unspecified atom stereocenters. The van der Waals surface area contributed by atoms with Crippen LogP contribution in [0.4, 0.5) is 8.78 Å². The largest absolute Gasteiger partial charge is 0.203 e. The predicted molar refractivity (Wildman–Crippen MR) is 105 cm³/mol. The predicted octanol–water partition coefficient (Wildman–Crippen LogP) is 7.49. The lowest BCUT2D eigenvalue weighted by molar-refractivity contribution is 0.293. The Balaban J connectivity index is 1.54. The minimum absolute atomic E-state index is 0.000711. The Morgan fingerprint density at radius 3 is 2.35 bits per heavy atom. The zero-order chi connectivity index (χ0) is 18.5. The van der Waals surface area contributed by atoms with Gasteiger partial charge in [-0.15, -0.1) is 0 Å². The van der Waals surface area contributed by atoms with Gasteiger partial charge in [0.25, 0.3) is 0 Å². The SMILES string of the molecule is CCCC1CCC(/C=C/C2C=CC(c3ccc(C)c(F)c3F)CC2)CC1. The molecule has 2 atom stereocenters. The molecule has 0 radical (unpaired) electrons. The van der Waals surface area contributed by atoms with Gasteiger partial charge in [-0.1, -0.05) is 56.2 Å². The maximum absolute atomic E-state index is 14.2. The highest BCUT2D eigenvalue weighted by Crippen LogP contribution is 2.35. The van der Waals surface area contributed by atoms with E-state index < -0.39 is 11.6 Å². The molecule has 1 aromatic rings. The van der Waals surface area contributed by atoms with E-state index in [9.17, 15) is 8.78 Å². The molecule has 0 N–H and O–H groups in total. The number of allylic oxidation sites excluding steroid dienone is 4. The lowest BCUT2D eigenvalue weighted by Crippen LogP contribution is -2.13. The molecule has 0 amide bonds. The summed E-state index contributed by atoms with van der Waals surface area (Å²) in [5.41, 5.74) is 0.876. The lowest BCUT2D eigenvalue weighted by Gasteiger charge is -2.27. The van der Waals surface area contributed by atoms with Crippen LogP contribution in [-0.4, -0.2) is 0 Å². The lowest BCUT2D eigenvalue weighted by atomic mass is 9.79. The normalized spacial score (nSPS) is 29.4. The Labute approximate surface area is 157 Å². The third-order valence-corrected chi connectivity index (χ3v) is 6.33. The fourth-order valence-corrected chi connectivity index (χ4v) is 4.59. The number of hydrogen-bond donors (Lipinski definition) is 0. The maximum atomic E-state index is 14.2. The molecule has 1 saturated carbocycles. The highest BCUT2D eigenvalue weighted by Gasteiger charge is 2.22. The molecule has 0 aliphatic heterocycles. The van der Waals surface area contributed by atoms with E-state index in [1.54, 1.807) is 19.1 Å². The van der Waals surface area contributed by atoms with Crippen LogP contribution in [0, 0.1) is 36.3 Å². The minimum atomic E-state index is -0.698. The molecule has 0 spiro atoms. The van der Waals surface area contributed by atoms with Gasteiger partial charge in [-0.05, 0) is 74.3 Å². The standard InChI is InChI=1S/C24H32F2/c1-3-4-18-6-8-19(9-7-18)10-11-20-12-14-21(15-13-20)22-16-5-17(2)23(25)24(22)26/h5,10-12,14,16,18-21H,3-4,6-9,13,15H2,1-2H3/b11-10+. The fraction of sp³-hybridized carbons (Fsp3) is 0.583. The Morgan fingerprint density at radius 2 is 1.69 bits per heavy atom. The van der Waals surface area contributed by atoms with Gasteiger partial charge < -0.3 is 0 Å². The van der Waals surface area contributed by atoms with Crippen LogP contribution in [0.3, 0.4) is 0 Å². The van der Waals surface area contributed by atoms with Crippen LogP contribution in [0.1, 0.15) is 75.3 Å². The molecule has 0 bridgehead atoms. The highest BCUT2D eigenvalue weighted by molar-refractivity contribution is 5.32. The third-order valence-electron chi connectivity index (χ3n) is 6.33. The summed E-state index contributed by atoms with van der Waals surface area (Å²) >= 11 is 0. The van der Waals surface area contributed by atoms with Crippen molar-refractivity contribution in [3.63, 3.8) is 0 Å². The fourth-order valence-electron chi connectivity index (χ4n) is 4.59. The van der Waals surface area contributed by atoms with E-state index in [4.69, 9.17) is 0 Å².